The lowest BCUT2D eigenvalue weighted by atomic mass is 10.1. The molecule has 1 aliphatic heterocycles. The summed E-state index contributed by atoms with van der Waals surface area (Å²) in [7, 11) is 0. The maximum atomic E-state index is 13.0. The Morgan fingerprint density at radius 1 is 1.04 bits per heavy atom. The molecule has 4 heteroatoms. The van der Waals surface area contributed by atoms with Crippen LogP contribution in [0.4, 0.5) is 15.8 Å². The summed E-state index contributed by atoms with van der Waals surface area (Å²) in [6.45, 7) is 6.74. The number of halogens is 1. The van der Waals surface area contributed by atoms with Crippen molar-refractivity contribution in [2.45, 2.75) is 32.6 Å². The molecular weight excluding hydrogens is 291 g/mol. The number of morpholine rings is 1. The third kappa shape index (κ3) is 4.02. The van der Waals surface area contributed by atoms with Gasteiger partial charge in [0.15, 0.2) is 0 Å². The predicted octanol–water partition coefficient (Wildman–Crippen LogP) is 4.05. The van der Waals surface area contributed by atoms with Gasteiger partial charge in [-0.15, -0.1) is 0 Å². The molecule has 0 saturated carbocycles. The van der Waals surface area contributed by atoms with Gasteiger partial charge in [-0.2, -0.15) is 0 Å². The van der Waals surface area contributed by atoms with E-state index in [4.69, 9.17) is 4.74 Å². The van der Waals surface area contributed by atoms with Crippen LogP contribution >= 0.6 is 0 Å². The van der Waals surface area contributed by atoms with Gasteiger partial charge in [0.1, 0.15) is 5.82 Å². The summed E-state index contributed by atoms with van der Waals surface area (Å²) in [6, 6.07) is 14.9. The molecule has 2 atom stereocenters. The monoisotopic (exact) mass is 314 g/mol. The van der Waals surface area contributed by atoms with E-state index < -0.39 is 0 Å². The number of benzene rings is 2. The van der Waals surface area contributed by atoms with Crippen molar-refractivity contribution in [3.63, 3.8) is 0 Å². The highest BCUT2D eigenvalue weighted by atomic mass is 19.1. The third-order valence-corrected chi connectivity index (χ3v) is 4.08. The number of ether oxygens (including phenoxy) is 1. The highest BCUT2D eigenvalue weighted by Crippen LogP contribution is 2.25. The number of rotatable bonds is 4. The summed E-state index contributed by atoms with van der Waals surface area (Å²) in [5.41, 5.74) is 3.40. The topological polar surface area (TPSA) is 24.5 Å². The van der Waals surface area contributed by atoms with E-state index >= 15 is 0 Å². The van der Waals surface area contributed by atoms with Gasteiger partial charge < -0.3 is 15.0 Å². The van der Waals surface area contributed by atoms with Gasteiger partial charge >= 0.3 is 0 Å². The quantitative estimate of drug-likeness (QED) is 0.921. The largest absolute Gasteiger partial charge is 0.381 e. The van der Waals surface area contributed by atoms with Crippen LogP contribution in [0.1, 0.15) is 19.4 Å². The summed E-state index contributed by atoms with van der Waals surface area (Å²) in [5, 5.41) is 3.37. The van der Waals surface area contributed by atoms with E-state index in [9.17, 15) is 4.39 Å². The van der Waals surface area contributed by atoms with Crippen LogP contribution in [0.15, 0.2) is 48.5 Å². The second-order valence-corrected chi connectivity index (χ2v) is 6.15. The molecule has 1 N–H and O–H groups in total. The average molecular weight is 314 g/mol. The number of hydrogen-bond acceptors (Lipinski definition) is 3. The minimum Gasteiger partial charge on any atom is -0.381 e. The van der Waals surface area contributed by atoms with Gasteiger partial charge in [0, 0.05) is 31.0 Å². The smallest absolute Gasteiger partial charge is 0.123 e. The van der Waals surface area contributed by atoms with Crippen molar-refractivity contribution in [2.24, 2.45) is 0 Å². The standard InChI is InChI=1S/C19H23FN2O/c1-14-12-22(13-15(2)23-14)19-6-4-3-5-16(19)11-21-18-9-7-17(20)8-10-18/h3-10,14-15,21H,11-13H2,1-2H3. The number of anilines is 2. The van der Waals surface area contributed by atoms with E-state index in [0.29, 0.717) is 6.54 Å². The Morgan fingerprint density at radius 3 is 2.39 bits per heavy atom. The van der Waals surface area contributed by atoms with Crippen LogP contribution in [0, 0.1) is 5.82 Å². The molecule has 1 heterocycles. The molecule has 0 amide bonds. The number of nitrogens with one attached hydrogen (secondary N) is 1. The molecule has 2 aromatic rings. The Balaban J connectivity index is 1.74. The van der Waals surface area contributed by atoms with Gasteiger partial charge in [0.25, 0.3) is 0 Å². The van der Waals surface area contributed by atoms with Gasteiger partial charge in [-0.05, 0) is 49.7 Å². The first kappa shape index (κ1) is 15.8. The molecule has 0 bridgehead atoms. The fraction of sp³-hybridized carbons (Fsp3) is 0.368. The van der Waals surface area contributed by atoms with Crippen LogP contribution in [-0.2, 0) is 11.3 Å². The van der Waals surface area contributed by atoms with E-state index in [2.05, 4.69) is 48.3 Å². The fourth-order valence-corrected chi connectivity index (χ4v) is 3.11. The molecule has 1 fully saturated rings. The normalized spacial score (nSPS) is 21.3. The lowest BCUT2D eigenvalue weighted by Gasteiger charge is -2.37. The van der Waals surface area contributed by atoms with E-state index in [0.717, 1.165) is 18.8 Å². The van der Waals surface area contributed by atoms with E-state index in [1.807, 2.05) is 0 Å². The van der Waals surface area contributed by atoms with Gasteiger partial charge in [-0.3, -0.25) is 0 Å². The second kappa shape index (κ2) is 7.01. The minimum absolute atomic E-state index is 0.216. The minimum atomic E-state index is -0.216. The Labute approximate surface area is 137 Å². The van der Waals surface area contributed by atoms with Crippen molar-refractivity contribution in [3.8, 4) is 0 Å². The second-order valence-electron chi connectivity index (χ2n) is 6.15. The summed E-state index contributed by atoms with van der Waals surface area (Å²) in [6.07, 6.45) is 0.466. The first-order valence-electron chi connectivity index (χ1n) is 8.09. The molecule has 2 aromatic carbocycles. The van der Waals surface area contributed by atoms with Crippen LogP contribution < -0.4 is 10.2 Å². The van der Waals surface area contributed by atoms with Gasteiger partial charge in [0.05, 0.1) is 12.2 Å². The zero-order valence-electron chi connectivity index (χ0n) is 13.6. The zero-order valence-corrected chi connectivity index (χ0v) is 13.6. The summed E-state index contributed by atoms with van der Waals surface area (Å²) < 4.78 is 18.8. The molecule has 1 saturated heterocycles. The van der Waals surface area contributed by atoms with Crippen LogP contribution in [0.25, 0.3) is 0 Å². The van der Waals surface area contributed by atoms with Crippen LogP contribution in [0.2, 0.25) is 0 Å². The number of hydrogen-bond donors (Lipinski definition) is 1. The maximum Gasteiger partial charge on any atom is 0.123 e. The molecule has 2 unspecified atom stereocenters. The first-order valence-corrected chi connectivity index (χ1v) is 8.09. The van der Waals surface area contributed by atoms with E-state index in [-0.39, 0.29) is 18.0 Å². The zero-order chi connectivity index (χ0) is 16.2. The van der Waals surface area contributed by atoms with Gasteiger partial charge in [-0.25, -0.2) is 4.39 Å². The summed E-state index contributed by atoms with van der Waals surface area (Å²) in [4.78, 5) is 2.39. The van der Waals surface area contributed by atoms with E-state index in [1.54, 1.807) is 12.1 Å². The predicted molar refractivity (Wildman–Crippen MR) is 92.4 cm³/mol. The molecule has 23 heavy (non-hydrogen) atoms. The third-order valence-electron chi connectivity index (χ3n) is 4.08. The number of nitrogens with zero attached hydrogens (tertiary/aromatic N) is 1. The lowest BCUT2D eigenvalue weighted by molar-refractivity contribution is -0.00525. The van der Waals surface area contributed by atoms with Crippen molar-refractivity contribution < 1.29 is 9.13 Å². The van der Waals surface area contributed by atoms with Crippen LogP contribution in [0.5, 0.6) is 0 Å². The van der Waals surface area contributed by atoms with Crippen LogP contribution in [0.3, 0.4) is 0 Å². The summed E-state index contributed by atoms with van der Waals surface area (Å²) in [5.74, 6) is -0.216. The molecule has 0 radical (unpaired) electrons. The van der Waals surface area contributed by atoms with Crippen molar-refractivity contribution in [1.82, 2.24) is 0 Å². The lowest BCUT2D eigenvalue weighted by Crippen LogP contribution is -2.45. The molecule has 0 spiro atoms. The maximum absolute atomic E-state index is 13.0. The van der Waals surface area contributed by atoms with E-state index in [1.165, 1.54) is 23.4 Å². The first-order chi connectivity index (χ1) is 11.1. The van der Waals surface area contributed by atoms with Crippen molar-refractivity contribution in [1.29, 1.82) is 0 Å². The van der Waals surface area contributed by atoms with Crippen molar-refractivity contribution in [3.05, 3.63) is 59.9 Å². The van der Waals surface area contributed by atoms with Crippen molar-refractivity contribution in [2.75, 3.05) is 23.3 Å². The number of para-hydroxylation sites is 1. The molecular formula is C19H23FN2O. The van der Waals surface area contributed by atoms with Crippen molar-refractivity contribution >= 4 is 11.4 Å². The Kier molecular flexibility index (Phi) is 4.82. The van der Waals surface area contributed by atoms with Gasteiger partial charge in [-0.1, -0.05) is 18.2 Å². The average Bonchev–Trinajstić information content (AvgIpc) is 2.54. The fourth-order valence-electron chi connectivity index (χ4n) is 3.11. The molecule has 3 rings (SSSR count). The molecule has 0 aromatic heterocycles. The highest BCUT2D eigenvalue weighted by molar-refractivity contribution is 5.56. The Hall–Kier alpha value is -2.07. The highest BCUT2D eigenvalue weighted by Gasteiger charge is 2.23. The van der Waals surface area contributed by atoms with Gasteiger partial charge in [0.2, 0.25) is 0 Å². The molecule has 1 aliphatic rings. The summed E-state index contributed by atoms with van der Waals surface area (Å²) >= 11 is 0. The molecule has 0 aliphatic carbocycles. The SMILES string of the molecule is CC1CN(c2ccccc2CNc2ccc(F)cc2)CC(C)O1. The molecule has 122 valence electrons. The Bertz CT molecular complexity index is 634. The Morgan fingerprint density at radius 2 is 1.70 bits per heavy atom. The van der Waals surface area contributed by atoms with Crippen LogP contribution in [-0.4, -0.2) is 25.3 Å². The molecule has 3 nitrogen and oxygen atoms in total.